The average Bonchev–Trinajstić information content (AvgIpc) is 2.31. The summed E-state index contributed by atoms with van der Waals surface area (Å²) in [6.45, 7) is 6.06. The topological polar surface area (TPSA) is 24.1 Å². The lowest BCUT2D eigenvalue weighted by Crippen LogP contribution is -2.47. The maximum atomic E-state index is 3.88. The Morgan fingerprint density at radius 2 is 1.94 bits per heavy atom. The first-order valence-corrected chi connectivity index (χ1v) is 5.99. The molecule has 2 N–H and O–H groups in total. The molecule has 86 valence electrons. The van der Waals surface area contributed by atoms with E-state index < -0.39 is 0 Å². The van der Waals surface area contributed by atoms with Crippen molar-refractivity contribution in [2.24, 2.45) is 0 Å². The van der Waals surface area contributed by atoms with Crippen molar-refractivity contribution in [2.75, 3.05) is 18.4 Å². The van der Waals surface area contributed by atoms with Crippen LogP contribution in [0.25, 0.3) is 0 Å². The molecule has 1 saturated heterocycles. The predicted molar refractivity (Wildman–Crippen MR) is 69.7 cm³/mol. The molecule has 0 saturated carbocycles. The molecule has 2 nitrogen and oxygen atoms in total. The lowest BCUT2D eigenvalue weighted by Gasteiger charge is -2.38. The van der Waals surface area contributed by atoms with Crippen molar-refractivity contribution in [2.45, 2.75) is 24.8 Å². The molecule has 1 aromatic carbocycles. The quantitative estimate of drug-likeness (QED) is 0.756. The maximum Gasteiger partial charge on any atom is 0.0432 e. The smallest absolute Gasteiger partial charge is 0.0432 e. The Balaban J connectivity index is 2.10. The van der Waals surface area contributed by atoms with Gasteiger partial charge >= 0.3 is 0 Å². The molecule has 0 aliphatic carbocycles. The zero-order chi connectivity index (χ0) is 11.3. The van der Waals surface area contributed by atoms with Gasteiger partial charge < -0.3 is 10.6 Å². The fourth-order valence-electron chi connectivity index (χ4n) is 2.39. The molecule has 0 bridgehead atoms. The van der Waals surface area contributed by atoms with Gasteiger partial charge in [0.25, 0.3) is 0 Å². The van der Waals surface area contributed by atoms with Crippen LogP contribution in [0.3, 0.4) is 0 Å². The Morgan fingerprint density at radius 3 is 2.56 bits per heavy atom. The van der Waals surface area contributed by atoms with Crippen LogP contribution in [0.4, 0.5) is 5.69 Å². The molecule has 2 heteroatoms. The van der Waals surface area contributed by atoms with Crippen molar-refractivity contribution >= 4 is 5.69 Å². The Labute approximate surface area is 97.8 Å². The molecule has 1 fully saturated rings. The van der Waals surface area contributed by atoms with E-state index >= 15 is 0 Å². The number of rotatable bonds is 4. The molecule has 1 heterocycles. The summed E-state index contributed by atoms with van der Waals surface area (Å²) in [4.78, 5) is 0. The van der Waals surface area contributed by atoms with Gasteiger partial charge in [-0.15, -0.1) is 6.58 Å². The molecule has 0 spiro atoms. The van der Waals surface area contributed by atoms with Crippen LogP contribution < -0.4 is 10.6 Å². The van der Waals surface area contributed by atoms with Gasteiger partial charge in [0.05, 0.1) is 0 Å². The minimum Gasteiger partial charge on any atom is -0.379 e. The lowest BCUT2D eigenvalue weighted by atomic mass is 9.85. The lowest BCUT2D eigenvalue weighted by molar-refractivity contribution is 0.341. The van der Waals surface area contributed by atoms with Crippen molar-refractivity contribution in [1.29, 1.82) is 0 Å². The molecule has 1 aliphatic heterocycles. The normalized spacial score (nSPS) is 19.0. The molecule has 2 rings (SSSR count). The number of benzene rings is 1. The highest BCUT2D eigenvalue weighted by Gasteiger charge is 2.30. The fraction of sp³-hybridized carbons (Fsp3) is 0.429. The van der Waals surface area contributed by atoms with Crippen molar-refractivity contribution in [3.8, 4) is 0 Å². The average molecular weight is 216 g/mol. The zero-order valence-electron chi connectivity index (χ0n) is 9.71. The standard InChI is InChI=1S/C14H20N2/c1-2-8-14(9-11-15-12-10-14)16-13-6-4-3-5-7-13/h2-7,15-16H,1,8-12H2. The second-order valence-corrected chi connectivity index (χ2v) is 4.51. The molecule has 0 radical (unpaired) electrons. The summed E-state index contributed by atoms with van der Waals surface area (Å²) >= 11 is 0. The highest BCUT2D eigenvalue weighted by Crippen LogP contribution is 2.27. The van der Waals surface area contributed by atoms with E-state index in [1.165, 1.54) is 5.69 Å². The number of para-hydroxylation sites is 1. The van der Waals surface area contributed by atoms with Gasteiger partial charge in [-0.3, -0.25) is 0 Å². The molecule has 0 amide bonds. The number of anilines is 1. The van der Waals surface area contributed by atoms with Crippen LogP contribution in [0, 0.1) is 0 Å². The van der Waals surface area contributed by atoms with Crippen molar-refractivity contribution in [1.82, 2.24) is 5.32 Å². The Bertz CT molecular complexity index is 326. The predicted octanol–water partition coefficient (Wildman–Crippen LogP) is 2.80. The van der Waals surface area contributed by atoms with Crippen molar-refractivity contribution < 1.29 is 0 Å². The monoisotopic (exact) mass is 216 g/mol. The summed E-state index contributed by atoms with van der Waals surface area (Å²) in [5.41, 5.74) is 1.42. The van der Waals surface area contributed by atoms with Gasteiger partial charge in [-0.25, -0.2) is 0 Å². The number of nitrogens with one attached hydrogen (secondary N) is 2. The summed E-state index contributed by atoms with van der Waals surface area (Å²) in [6.07, 6.45) is 5.38. The first-order valence-electron chi connectivity index (χ1n) is 5.99. The summed E-state index contributed by atoms with van der Waals surface area (Å²) in [6, 6.07) is 10.5. The minimum atomic E-state index is 0.203. The van der Waals surface area contributed by atoms with Gasteiger partial charge in [0.15, 0.2) is 0 Å². The summed E-state index contributed by atoms with van der Waals surface area (Å²) < 4.78 is 0. The largest absolute Gasteiger partial charge is 0.379 e. The molecule has 0 unspecified atom stereocenters. The van der Waals surface area contributed by atoms with E-state index in [0.717, 1.165) is 32.4 Å². The fourth-order valence-corrected chi connectivity index (χ4v) is 2.39. The molecule has 0 atom stereocenters. The Morgan fingerprint density at radius 1 is 1.25 bits per heavy atom. The van der Waals surface area contributed by atoms with Gasteiger partial charge in [-0.2, -0.15) is 0 Å². The van der Waals surface area contributed by atoms with Crippen LogP contribution in [-0.2, 0) is 0 Å². The molecular weight excluding hydrogens is 196 g/mol. The van der Waals surface area contributed by atoms with Crippen LogP contribution >= 0.6 is 0 Å². The summed E-state index contributed by atoms with van der Waals surface area (Å²) in [5.74, 6) is 0. The molecule has 0 aromatic heterocycles. The third kappa shape index (κ3) is 2.64. The van der Waals surface area contributed by atoms with Gasteiger partial charge in [-0.05, 0) is 44.5 Å². The van der Waals surface area contributed by atoms with Crippen molar-refractivity contribution in [3.05, 3.63) is 43.0 Å². The van der Waals surface area contributed by atoms with Gasteiger partial charge in [0.1, 0.15) is 0 Å². The van der Waals surface area contributed by atoms with E-state index in [0.29, 0.717) is 0 Å². The first kappa shape index (κ1) is 11.2. The highest BCUT2D eigenvalue weighted by atomic mass is 15.0. The summed E-state index contributed by atoms with van der Waals surface area (Å²) in [7, 11) is 0. The van der Waals surface area contributed by atoms with Crippen LogP contribution in [0.15, 0.2) is 43.0 Å². The Kier molecular flexibility index (Phi) is 3.62. The van der Waals surface area contributed by atoms with E-state index in [4.69, 9.17) is 0 Å². The second kappa shape index (κ2) is 5.17. The third-order valence-electron chi connectivity index (χ3n) is 3.28. The van der Waals surface area contributed by atoms with E-state index in [9.17, 15) is 0 Å². The summed E-state index contributed by atoms with van der Waals surface area (Å²) in [5, 5.41) is 7.09. The zero-order valence-corrected chi connectivity index (χ0v) is 9.71. The third-order valence-corrected chi connectivity index (χ3v) is 3.28. The van der Waals surface area contributed by atoms with Gasteiger partial charge in [0.2, 0.25) is 0 Å². The minimum absolute atomic E-state index is 0.203. The van der Waals surface area contributed by atoms with Gasteiger partial charge in [-0.1, -0.05) is 24.3 Å². The number of piperidine rings is 1. The molecule has 1 aliphatic rings. The SMILES string of the molecule is C=CCC1(Nc2ccccc2)CCNCC1. The van der Waals surface area contributed by atoms with Gasteiger partial charge in [0, 0.05) is 11.2 Å². The van der Waals surface area contributed by atoms with Crippen molar-refractivity contribution in [3.63, 3.8) is 0 Å². The van der Waals surface area contributed by atoms with Crippen LogP contribution in [-0.4, -0.2) is 18.6 Å². The number of hydrogen-bond donors (Lipinski definition) is 2. The van der Waals surface area contributed by atoms with E-state index in [1.807, 2.05) is 12.1 Å². The maximum absolute atomic E-state index is 3.88. The van der Waals surface area contributed by atoms with E-state index in [-0.39, 0.29) is 5.54 Å². The van der Waals surface area contributed by atoms with Crippen LogP contribution in [0.2, 0.25) is 0 Å². The number of hydrogen-bond acceptors (Lipinski definition) is 2. The second-order valence-electron chi connectivity index (χ2n) is 4.51. The van der Waals surface area contributed by atoms with Crippen LogP contribution in [0.5, 0.6) is 0 Å². The first-order chi connectivity index (χ1) is 7.85. The molecule has 1 aromatic rings. The van der Waals surface area contributed by atoms with E-state index in [2.05, 4.69) is 41.5 Å². The highest BCUT2D eigenvalue weighted by molar-refractivity contribution is 5.45. The van der Waals surface area contributed by atoms with E-state index in [1.54, 1.807) is 0 Å². The van der Waals surface area contributed by atoms with Crippen LogP contribution in [0.1, 0.15) is 19.3 Å². The molecule has 16 heavy (non-hydrogen) atoms. The Hall–Kier alpha value is -1.28. The molecular formula is C14H20N2.